The fraction of sp³-hybridized carbons (Fsp3) is 1.00. The number of nitrogens with one attached hydrogen (secondary N) is 1. The van der Waals surface area contributed by atoms with Crippen molar-refractivity contribution in [2.24, 2.45) is 0 Å². The Morgan fingerprint density at radius 1 is 1.00 bits per heavy atom. The van der Waals surface area contributed by atoms with Crippen molar-refractivity contribution in [2.45, 2.75) is 63.2 Å². The molecule has 1 N–H and O–H groups in total. The van der Waals surface area contributed by atoms with Crippen LogP contribution in [-0.4, -0.2) is 60.6 Å². The van der Waals surface area contributed by atoms with Gasteiger partial charge in [0, 0.05) is 30.7 Å². The Bertz CT molecular complexity index is 268. The third-order valence-corrected chi connectivity index (χ3v) is 5.25. The Hall–Kier alpha value is -0.120. The summed E-state index contributed by atoms with van der Waals surface area (Å²) in [4.78, 5) is 5.30. The number of piperidine rings is 1. The van der Waals surface area contributed by atoms with Crippen molar-refractivity contribution in [1.29, 1.82) is 0 Å². The lowest BCUT2D eigenvalue weighted by atomic mass is 9.96. The average molecular weight is 237 g/mol. The van der Waals surface area contributed by atoms with Gasteiger partial charge >= 0.3 is 0 Å². The molecule has 17 heavy (non-hydrogen) atoms. The summed E-state index contributed by atoms with van der Waals surface area (Å²) in [5.74, 6) is 0. The first-order valence-corrected chi connectivity index (χ1v) is 7.42. The Kier molecular flexibility index (Phi) is 3.42. The Labute approximate surface area is 106 Å². The Morgan fingerprint density at radius 2 is 1.82 bits per heavy atom. The van der Waals surface area contributed by atoms with E-state index in [4.69, 9.17) is 0 Å². The molecule has 3 rings (SSSR count). The monoisotopic (exact) mass is 237 g/mol. The van der Waals surface area contributed by atoms with Crippen LogP contribution in [0.1, 0.15) is 39.0 Å². The molecule has 0 aliphatic carbocycles. The van der Waals surface area contributed by atoms with E-state index in [1.807, 2.05) is 0 Å². The zero-order valence-corrected chi connectivity index (χ0v) is 11.4. The molecule has 0 amide bonds. The highest BCUT2D eigenvalue weighted by atomic mass is 15.2. The van der Waals surface area contributed by atoms with Crippen LogP contribution in [0.5, 0.6) is 0 Å². The molecular weight excluding hydrogens is 210 g/mol. The molecule has 98 valence electrons. The molecule has 0 aromatic carbocycles. The van der Waals surface area contributed by atoms with Crippen LogP contribution in [0.25, 0.3) is 0 Å². The molecule has 0 saturated carbocycles. The van der Waals surface area contributed by atoms with Gasteiger partial charge in [0.1, 0.15) is 0 Å². The molecule has 0 radical (unpaired) electrons. The lowest BCUT2D eigenvalue weighted by Gasteiger charge is -2.41. The molecule has 3 fully saturated rings. The predicted octanol–water partition coefficient (Wildman–Crippen LogP) is 1.30. The van der Waals surface area contributed by atoms with Gasteiger partial charge in [-0.1, -0.05) is 0 Å². The van der Waals surface area contributed by atoms with Gasteiger partial charge in [-0.05, 0) is 59.2 Å². The third-order valence-electron chi connectivity index (χ3n) is 5.25. The van der Waals surface area contributed by atoms with Crippen molar-refractivity contribution in [2.75, 3.05) is 26.7 Å². The SMILES string of the molecule is CC1CC(N2CCC3CCC(C2)N3)CCN1C. The fourth-order valence-corrected chi connectivity index (χ4v) is 3.90. The normalized spacial score (nSPS) is 44.8. The zero-order valence-electron chi connectivity index (χ0n) is 11.4. The quantitative estimate of drug-likeness (QED) is 0.741. The third kappa shape index (κ3) is 2.51. The first kappa shape index (κ1) is 11.9. The number of fused-ring (bicyclic) bond motifs is 2. The Morgan fingerprint density at radius 3 is 2.65 bits per heavy atom. The van der Waals surface area contributed by atoms with Gasteiger partial charge in [0.2, 0.25) is 0 Å². The van der Waals surface area contributed by atoms with Gasteiger partial charge in [-0.25, -0.2) is 0 Å². The molecule has 3 heteroatoms. The summed E-state index contributed by atoms with van der Waals surface area (Å²) in [6.07, 6.45) is 6.94. The van der Waals surface area contributed by atoms with Gasteiger partial charge in [0.05, 0.1) is 0 Å². The van der Waals surface area contributed by atoms with Crippen LogP contribution < -0.4 is 5.32 Å². The smallest absolute Gasteiger partial charge is 0.0198 e. The predicted molar refractivity (Wildman–Crippen MR) is 71.2 cm³/mol. The summed E-state index contributed by atoms with van der Waals surface area (Å²) >= 11 is 0. The summed E-state index contributed by atoms with van der Waals surface area (Å²) in [7, 11) is 2.27. The molecular formula is C14H27N3. The van der Waals surface area contributed by atoms with E-state index in [-0.39, 0.29) is 0 Å². The summed E-state index contributed by atoms with van der Waals surface area (Å²) < 4.78 is 0. The maximum absolute atomic E-state index is 3.79. The topological polar surface area (TPSA) is 18.5 Å². The van der Waals surface area contributed by atoms with Crippen molar-refractivity contribution in [3.8, 4) is 0 Å². The van der Waals surface area contributed by atoms with E-state index in [0.717, 1.165) is 24.2 Å². The van der Waals surface area contributed by atoms with Crippen LogP contribution in [0.15, 0.2) is 0 Å². The largest absolute Gasteiger partial charge is 0.310 e. The van der Waals surface area contributed by atoms with Crippen LogP contribution >= 0.6 is 0 Å². The maximum atomic E-state index is 3.79. The first-order valence-electron chi connectivity index (χ1n) is 7.42. The highest BCUT2D eigenvalue weighted by Crippen LogP contribution is 2.26. The fourth-order valence-electron chi connectivity index (χ4n) is 3.90. The van der Waals surface area contributed by atoms with E-state index in [1.54, 1.807) is 0 Å². The molecule has 3 aliphatic rings. The van der Waals surface area contributed by atoms with E-state index in [0.29, 0.717) is 0 Å². The van der Waals surface area contributed by atoms with Crippen molar-refractivity contribution >= 4 is 0 Å². The van der Waals surface area contributed by atoms with Crippen molar-refractivity contribution in [1.82, 2.24) is 15.1 Å². The molecule has 3 aliphatic heterocycles. The summed E-state index contributed by atoms with van der Waals surface area (Å²) in [6, 6.07) is 3.23. The summed E-state index contributed by atoms with van der Waals surface area (Å²) in [5.41, 5.74) is 0. The standard InChI is InChI=1S/C14H27N3/c1-11-9-14(6-7-16(11)2)17-8-5-12-3-4-13(10-17)15-12/h11-15H,3-10H2,1-2H3. The lowest BCUT2D eigenvalue weighted by molar-refractivity contribution is 0.0845. The molecule has 0 spiro atoms. The number of likely N-dealkylation sites (tertiary alicyclic amines) is 2. The molecule has 4 atom stereocenters. The van der Waals surface area contributed by atoms with Gasteiger partial charge in [-0.3, -0.25) is 4.90 Å². The zero-order chi connectivity index (χ0) is 11.8. The minimum absolute atomic E-state index is 0.766. The van der Waals surface area contributed by atoms with E-state index in [2.05, 4.69) is 29.1 Å². The minimum Gasteiger partial charge on any atom is -0.310 e. The Balaban J connectivity index is 1.60. The van der Waals surface area contributed by atoms with Crippen molar-refractivity contribution < 1.29 is 0 Å². The van der Waals surface area contributed by atoms with Gasteiger partial charge in [-0.2, -0.15) is 0 Å². The number of hydrogen-bond acceptors (Lipinski definition) is 3. The maximum Gasteiger partial charge on any atom is 0.0198 e. The highest BCUT2D eigenvalue weighted by molar-refractivity contribution is 4.93. The van der Waals surface area contributed by atoms with Crippen molar-refractivity contribution in [3.63, 3.8) is 0 Å². The summed E-state index contributed by atoms with van der Waals surface area (Å²) in [5, 5.41) is 3.79. The number of hydrogen-bond donors (Lipinski definition) is 1. The number of nitrogens with zero attached hydrogens (tertiary/aromatic N) is 2. The lowest BCUT2D eigenvalue weighted by Crippen LogP contribution is -2.49. The van der Waals surface area contributed by atoms with Gasteiger partial charge in [0.15, 0.2) is 0 Å². The second-order valence-electron chi connectivity index (χ2n) is 6.43. The van der Waals surface area contributed by atoms with Crippen LogP contribution in [0, 0.1) is 0 Å². The first-order chi connectivity index (χ1) is 8.22. The highest BCUT2D eigenvalue weighted by Gasteiger charge is 2.34. The van der Waals surface area contributed by atoms with Crippen molar-refractivity contribution in [3.05, 3.63) is 0 Å². The van der Waals surface area contributed by atoms with Crippen LogP contribution in [-0.2, 0) is 0 Å². The van der Waals surface area contributed by atoms with Gasteiger partial charge in [0.25, 0.3) is 0 Å². The van der Waals surface area contributed by atoms with Crippen LogP contribution in [0.2, 0.25) is 0 Å². The average Bonchev–Trinajstić information content (AvgIpc) is 2.63. The molecule has 0 aromatic heterocycles. The molecule has 2 bridgehead atoms. The minimum atomic E-state index is 0.766. The molecule has 0 aromatic rings. The van der Waals surface area contributed by atoms with E-state index >= 15 is 0 Å². The molecule has 3 heterocycles. The second kappa shape index (κ2) is 4.87. The van der Waals surface area contributed by atoms with E-state index in [1.165, 1.54) is 51.7 Å². The number of rotatable bonds is 1. The molecule has 3 saturated heterocycles. The second-order valence-corrected chi connectivity index (χ2v) is 6.43. The van der Waals surface area contributed by atoms with E-state index in [9.17, 15) is 0 Å². The molecule has 4 unspecified atom stereocenters. The van der Waals surface area contributed by atoms with Crippen LogP contribution in [0.3, 0.4) is 0 Å². The van der Waals surface area contributed by atoms with Gasteiger partial charge < -0.3 is 10.2 Å². The summed E-state index contributed by atoms with van der Waals surface area (Å²) in [6.45, 7) is 6.30. The van der Waals surface area contributed by atoms with Gasteiger partial charge in [-0.15, -0.1) is 0 Å². The van der Waals surface area contributed by atoms with E-state index < -0.39 is 0 Å². The van der Waals surface area contributed by atoms with Crippen LogP contribution in [0.4, 0.5) is 0 Å². The molecule has 3 nitrogen and oxygen atoms in total.